The van der Waals surface area contributed by atoms with E-state index in [1.165, 1.54) is 17.4 Å². The summed E-state index contributed by atoms with van der Waals surface area (Å²) in [5.74, 6) is 0.453. The molecule has 1 aromatic heterocycles. The van der Waals surface area contributed by atoms with Gasteiger partial charge < -0.3 is 9.47 Å². The van der Waals surface area contributed by atoms with Crippen molar-refractivity contribution in [3.05, 3.63) is 57.6 Å². The number of nitro groups is 1. The predicted octanol–water partition coefficient (Wildman–Crippen LogP) is 3.89. The summed E-state index contributed by atoms with van der Waals surface area (Å²) >= 11 is 1.41. The maximum Gasteiger partial charge on any atom is 0.273 e. The van der Waals surface area contributed by atoms with Crippen LogP contribution in [0.15, 0.2) is 36.4 Å². The van der Waals surface area contributed by atoms with Gasteiger partial charge in [0.25, 0.3) is 11.6 Å². The molecule has 1 aliphatic heterocycles. The van der Waals surface area contributed by atoms with E-state index in [2.05, 4.69) is 4.90 Å². The molecule has 2 aromatic carbocycles. The number of carbonyl (C=O) groups excluding carboxylic acids is 1. The smallest absolute Gasteiger partial charge is 0.273 e. The van der Waals surface area contributed by atoms with Gasteiger partial charge in [-0.3, -0.25) is 24.7 Å². The first-order chi connectivity index (χ1) is 16.0. The molecule has 1 amide bonds. The molecule has 3 aromatic rings. The molecule has 0 unspecified atom stereocenters. The van der Waals surface area contributed by atoms with Crippen molar-refractivity contribution in [2.75, 3.05) is 50.9 Å². The number of benzene rings is 2. The van der Waals surface area contributed by atoms with E-state index >= 15 is 0 Å². The number of amides is 1. The van der Waals surface area contributed by atoms with Crippen molar-refractivity contribution in [2.45, 2.75) is 13.8 Å². The second-order valence-electron chi connectivity index (χ2n) is 7.68. The number of morpholine rings is 1. The van der Waals surface area contributed by atoms with Gasteiger partial charge in [-0.05, 0) is 38.1 Å². The molecule has 1 fully saturated rings. The minimum atomic E-state index is -0.461. The van der Waals surface area contributed by atoms with Crippen LogP contribution >= 0.6 is 11.3 Å². The lowest BCUT2D eigenvalue weighted by Crippen LogP contribution is -2.43. The number of rotatable bonds is 8. The molecule has 0 saturated carbocycles. The first-order valence-corrected chi connectivity index (χ1v) is 11.7. The van der Waals surface area contributed by atoms with Crippen LogP contribution in [-0.2, 0) is 4.74 Å². The van der Waals surface area contributed by atoms with E-state index in [1.54, 1.807) is 24.0 Å². The fourth-order valence-electron chi connectivity index (χ4n) is 3.81. The highest BCUT2D eigenvalue weighted by Gasteiger charge is 2.26. The normalized spacial score (nSPS) is 14.4. The van der Waals surface area contributed by atoms with Crippen LogP contribution < -0.4 is 9.64 Å². The molecule has 0 N–H and O–H groups in total. The standard InChI is InChI=1S/C23H26N4O5S/c1-3-32-17-7-8-19-21(15-17)33-23(24-19)26(10-9-25-11-13-31-14-12-25)22(28)18-5-4-6-20(16(18)2)27(29)30/h4-8,15H,3,9-14H2,1-2H3. The molecular weight excluding hydrogens is 444 g/mol. The Bertz CT molecular complexity index is 1160. The number of ether oxygens (including phenoxy) is 2. The molecular formula is C23H26N4O5S. The van der Waals surface area contributed by atoms with Crippen molar-refractivity contribution >= 4 is 38.3 Å². The van der Waals surface area contributed by atoms with Gasteiger partial charge in [0.2, 0.25) is 0 Å². The van der Waals surface area contributed by atoms with Gasteiger partial charge in [-0.25, -0.2) is 4.98 Å². The SMILES string of the molecule is CCOc1ccc2nc(N(CCN3CCOCC3)C(=O)c3cccc([N+](=O)[O-])c3C)sc2c1. The summed E-state index contributed by atoms with van der Waals surface area (Å²) in [6, 6.07) is 10.3. The third-order valence-corrected chi connectivity index (χ3v) is 6.65. The number of hydrogen-bond acceptors (Lipinski definition) is 8. The predicted molar refractivity (Wildman–Crippen MR) is 128 cm³/mol. The lowest BCUT2D eigenvalue weighted by atomic mass is 10.1. The van der Waals surface area contributed by atoms with Gasteiger partial charge >= 0.3 is 0 Å². The highest BCUT2D eigenvalue weighted by atomic mass is 32.1. The maximum absolute atomic E-state index is 13.7. The summed E-state index contributed by atoms with van der Waals surface area (Å²) in [7, 11) is 0. The van der Waals surface area contributed by atoms with Gasteiger partial charge in [0, 0.05) is 43.4 Å². The van der Waals surface area contributed by atoms with E-state index in [0.29, 0.717) is 49.2 Å². The molecule has 33 heavy (non-hydrogen) atoms. The first-order valence-electron chi connectivity index (χ1n) is 10.9. The van der Waals surface area contributed by atoms with E-state index in [4.69, 9.17) is 14.5 Å². The van der Waals surface area contributed by atoms with Gasteiger partial charge in [0.1, 0.15) is 5.75 Å². The fraction of sp³-hybridized carbons (Fsp3) is 0.391. The van der Waals surface area contributed by atoms with Crippen molar-refractivity contribution in [2.24, 2.45) is 0 Å². The summed E-state index contributed by atoms with van der Waals surface area (Å²) in [5.41, 5.74) is 1.36. The number of anilines is 1. The third-order valence-electron chi connectivity index (χ3n) is 5.61. The number of fused-ring (bicyclic) bond motifs is 1. The third kappa shape index (κ3) is 5.13. The molecule has 0 atom stereocenters. The summed E-state index contributed by atoms with van der Waals surface area (Å²) < 4.78 is 11.9. The second kappa shape index (κ2) is 10.2. The molecule has 1 aliphatic rings. The minimum Gasteiger partial charge on any atom is -0.494 e. The minimum absolute atomic E-state index is 0.0698. The number of thiazole rings is 1. The summed E-state index contributed by atoms with van der Waals surface area (Å²) in [5, 5.41) is 12.0. The van der Waals surface area contributed by atoms with Crippen LogP contribution in [0.5, 0.6) is 5.75 Å². The number of nitrogens with zero attached hydrogens (tertiary/aromatic N) is 4. The van der Waals surface area contributed by atoms with Gasteiger partial charge in [0.15, 0.2) is 5.13 Å². The quantitative estimate of drug-likeness (QED) is 0.364. The van der Waals surface area contributed by atoms with Crippen LogP contribution in [0.2, 0.25) is 0 Å². The zero-order valence-corrected chi connectivity index (χ0v) is 19.5. The monoisotopic (exact) mass is 470 g/mol. The Morgan fingerprint density at radius 2 is 2.09 bits per heavy atom. The molecule has 174 valence electrons. The molecule has 4 rings (SSSR count). The van der Waals surface area contributed by atoms with Gasteiger partial charge in [-0.2, -0.15) is 0 Å². The second-order valence-corrected chi connectivity index (χ2v) is 8.69. The zero-order valence-electron chi connectivity index (χ0n) is 18.7. The van der Waals surface area contributed by atoms with Crippen LogP contribution in [0.25, 0.3) is 10.2 Å². The first kappa shape index (κ1) is 23.1. The molecule has 2 heterocycles. The summed E-state index contributed by atoms with van der Waals surface area (Å²) in [6.45, 7) is 8.10. The van der Waals surface area contributed by atoms with E-state index in [0.717, 1.165) is 29.1 Å². The highest BCUT2D eigenvalue weighted by molar-refractivity contribution is 7.22. The van der Waals surface area contributed by atoms with Crippen LogP contribution in [0, 0.1) is 17.0 Å². The Labute approximate surface area is 195 Å². The summed E-state index contributed by atoms with van der Waals surface area (Å²) in [6.07, 6.45) is 0. The molecule has 0 spiro atoms. The average molecular weight is 471 g/mol. The van der Waals surface area contributed by atoms with E-state index in [9.17, 15) is 14.9 Å². The van der Waals surface area contributed by atoms with Crippen molar-refractivity contribution < 1.29 is 19.2 Å². The van der Waals surface area contributed by atoms with Crippen molar-refractivity contribution in [3.8, 4) is 5.75 Å². The number of hydrogen-bond donors (Lipinski definition) is 0. The molecule has 0 bridgehead atoms. The Morgan fingerprint density at radius 1 is 1.30 bits per heavy atom. The number of aromatic nitrogens is 1. The van der Waals surface area contributed by atoms with Crippen molar-refractivity contribution in [3.63, 3.8) is 0 Å². The van der Waals surface area contributed by atoms with Crippen LogP contribution in [0.3, 0.4) is 0 Å². The molecule has 10 heteroatoms. The van der Waals surface area contributed by atoms with Gasteiger partial charge in [0.05, 0.1) is 35.0 Å². The Balaban J connectivity index is 1.68. The highest BCUT2D eigenvalue weighted by Crippen LogP contribution is 2.33. The Kier molecular flexibility index (Phi) is 7.17. The van der Waals surface area contributed by atoms with E-state index in [1.807, 2.05) is 25.1 Å². The number of carbonyl (C=O) groups is 1. The molecule has 1 saturated heterocycles. The van der Waals surface area contributed by atoms with Crippen LogP contribution in [0.1, 0.15) is 22.8 Å². The largest absolute Gasteiger partial charge is 0.494 e. The lowest BCUT2D eigenvalue weighted by Gasteiger charge is -2.29. The van der Waals surface area contributed by atoms with Crippen molar-refractivity contribution in [1.29, 1.82) is 0 Å². The van der Waals surface area contributed by atoms with E-state index in [-0.39, 0.29) is 11.6 Å². The maximum atomic E-state index is 13.7. The zero-order chi connectivity index (χ0) is 23.4. The topological polar surface area (TPSA) is 98.0 Å². The average Bonchev–Trinajstić information content (AvgIpc) is 3.23. The number of nitro benzene ring substituents is 1. The summed E-state index contributed by atoms with van der Waals surface area (Å²) in [4.78, 5) is 33.2. The van der Waals surface area contributed by atoms with Gasteiger partial charge in [-0.15, -0.1) is 0 Å². The molecule has 9 nitrogen and oxygen atoms in total. The van der Waals surface area contributed by atoms with Crippen LogP contribution in [0.4, 0.5) is 10.8 Å². The Morgan fingerprint density at radius 3 is 2.82 bits per heavy atom. The molecule has 0 aliphatic carbocycles. The molecule has 0 radical (unpaired) electrons. The fourth-order valence-corrected chi connectivity index (χ4v) is 4.83. The van der Waals surface area contributed by atoms with Crippen LogP contribution in [-0.4, -0.2) is 66.7 Å². The Hall–Kier alpha value is -3.08. The lowest BCUT2D eigenvalue weighted by molar-refractivity contribution is -0.385. The van der Waals surface area contributed by atoms with E-state index < -0.39 is 4.92 Å². The van der Waals surface area contributed by atoms with Gasteiger partial charge in [-0.1, -0.05) is 17.4 Å². The van der Waals surface area contributed by atoms with Crippen molar-refractivity contribution in [1.82, 2.24) is 9.88 Å².